The summed E-state index contributed by atoms with van der Waals surface area (Å²) in [5.41, 5.74) is 1.46. The van der Waals surface area contributed by atoms with Crippen molar-refractivity contribution in [2.45, 2.75) is 6.92 Å². The van der Waals surface area contributed by atoms with E-state index in [4.69, 9.17) is 5.26 Å². The SMILES string of the molecule is Cc1nccn1-c1ccc(NC(=O)c2cccc(C#N)c2)cn1. The largest absolute Gasteiger partial charge is 0.321 e. The molecule has 6 nitrogen and oxygen atoms in total. The summed E-state index contributed by atoms with van der Waals surface area (Å²) in [6.07, 6.45) is 5.11. The Morgan fingerprint density at radius 1 is 1.26 bits per heavy atom. The molecule has 0 unspecified atom stereocenters. The number of hydrogen-bond acceptors (Lipinski definition) is 4. The summed E-state index contributed by atoms with van der Waals surface area (Å²) in [7, 11) is 0. The molecule has 3 rings (SSSR count). The van der Waals surface area contributed by atoms with Gasteiger partial charge in [0.2, 0.25) is 0 Å². The summed E-state index contributed by atoms with van der Waals surface area (Å²) >= 11 is 0. The number of benzene rings is 1. The maximum absolute atomic E-state index is 12.2. The maximum atomic E-state index is 12.2. The number of imidazole rings is 1. The predicted octanol–water partition coefficient (Wildman–Crippen LogP) is 2.70. The number of pyridine rings is 1. The van der Waals surface area contributed by atoms with Gasteiger partial charge in [-0.05, 0) is 37.3 Å². The van der Waals surface area contributed by atoms with E-state index in [9.17, 15) is 4.79 Å². The van der Waals surface area contributed by atoms with Crippen LogP contribution in [0.4, 0.5) is 5.69 Å². The lowest BCUT2D eigenvalue weighted by Crippen LogP contribution is -2.12. The highest BCUT2D eigenvalue weighted by molar-refractivity contribution is 6.04. The maximum Gasteiger partial charge on any atom is 0.255 e. The molecule has 2 heterocycles. The van der Waals surface area contributed by atoms with Crippen molar-refractivity contribution in [3.63, 3.8) is 0 Å². The minimum Gasteiger partial charge on any atom is -0.321 e. The Morgan fingerprint density at radius 3 is 2.78 bits per heavy atom. The Kier molecular flexibility index (Phi) is 3.85. The van der Waals surface area contributed by atoms with E-state index in [0.29, 0.717) is 16.8 Å². The number of hydrogen-bond donors (Lipinski definition) is 1. The Balaban J connectivity index is 1.77. The molecule has 0 aliphatic rings. The Bertz CT molecular complexity index is 890. The fraction of sp³-hybridized carbons (Fsp3) is 0.0588. The number of anilines is 1. The fourth-order valence-electron chi connectivity index (χ4n) is 2.16. The predicted molar refractivity (Wildman–Crippen MR) is 85.2 cm³/mol. The van der Waals surface area contributed by atoms with Crippen molar-refractivity contribution in [2.75, 3.05) is 5.32 Å². The minimum atomic E-state index is -0.282. The van der Waals surface area contributed by atoms with E-state index in [1.807, 2.05) is 23.8 Å². The zero-order valence-electron chi connectivity index (χ0n) is 12.4. The first-order valence-electron chi connectivity index (χ1n) is 6.95. The molecule has 0 saturated heterocycles. The van der Waals surface area contributed by atoms with Crippen molar-refractivity contribution in [3.05, 3.63) is 71.9 Å². The number of carbonyl (C=O) groups is 1. The first-order chi connectivity index (χ1) is 11.2. The molecule has 0 fully saturated rings. The van der Waals surface area contributed by atoms with Gasteiger partial charge in [0, 0.05) is 18.0 Å². The van der Waals surface area contributed by atoms with E-state index in [2.05, 4.69) is 15.3 Å². The number of amides is 1. The molecule has 0 spiro atoms. The lowest BCUT2D eigenvalue weighted by Gasteiger charge is -2.07. The van der Waals surface area contributed by atoms with Crippen LogP contribution < -0.4 is 5.32 Å². The highest BCUT2D eigenvalue weighted by atomic mass is 16.1. The van der Waals surface area contributed by atoms with Crippen LogP contribution in [0.15, 0.2) is 55.0 Å². The summed E-state index contributed by atoms with van der Waals surface area (Å²) in [6.45, 7) is 1.89. The quantitative estimate of drug-likeness (QED) is 0.806. The average molecular weight is 303 g/mol. The van der Waals surface area contributed by atoms with Crippen molar-refractivity contribution in [2.24, 2.45) is 0 Å². The summed E-state index contributed by atoms with van der Waals surface area (Å²) in [4.78, 5) is 20.7. The zero-order valence-corrected chi connectivity index (χ0v) is 12.4. The van der Waals surface area contributed by atoms with E-state index < -0.39 is 0 Å². The molecule has 2 aromatic heterocycles. The number of nitriles is 1. The van der Waals surface area contributed by atoms with Gasteiger partial charge in [-0.15, -0.1) is 0 Å². The van der Waals surface area contributed by atoms with Gasteiger partial charge in [-0.2, -0.15) is 5.26 Å². The van der Waals surface area contributed by atoms with Gasteiger partial charge in [0.1, 0.15) is 11.6 Å². The van der Waals surface area contributed by atoms with Gasteiger partial charge >= 0.3 is 0 Å². The van der Waals surface area contributed by atoms with Gasteiger partial charge in [-0.3, -0.25) is 9.36 Å². The standard InChI is InChI=1S/C17H13N5O/c1-12-19-7-8-22(12)16-6-5-15(11-20-16)21-17(23)14-4-2-3-13(9-14)10-18/h2-9,11H,1H3,(H,21,23). The van der Waals surface area contributed by atoms with Crippen molar-refractivity contribution < 1.29 is 4.79 Å². The summed E-state index contributed by atoms with van der Waals surface area (Å²) in [5.74, 6) is 1.28. The number of aryl methyl sites for hydroxylation is 1. The highest BCUT2D eigenvalue weighted by Gasteiger charge is 2.08. The molecule has 3 aromatic rings. The molecule has 23 heavy (non-hydrogen) atoms. The van der Waals surface area contributed by atoms with E-state index in [1.54, 1.807) is 48.8 Å². The fourth-order valence-corrected chi connectivity index (χ4v) is 2.16. The van der Waals surface area contributed by atoms with E-state index >= 15 is 0 Å². The second-order valence-corrected chi connectivity index (χ2v) is 4.90. The van der Waals surface area contributed by atoms with E-state index in [1.165, 1.54) is 0 Å². The lowest BCUT2D eigenvalue weighted by molar-refractivity contribution is 0.102. The first-order valence-corrected chi connectivity index (χ1v) is 6.95. The van der Waals surface area contributed by atoms with E-state index in [-0.39, 0.29) is 5.91 Å². The third kappa shape index (κ3) is 3.09. The summed E-state index contributed by atoms with van der Waals surface area (Å²) < 4.78 is 1.85. The molecule has 6 heteroatoms. The second kappa shape index (κ2) is 6.12. The number of nitrogens with zero attached hydrogens (tertiary/aromatic N) is 4. The normalized spacial score (nSPS) is 10.1. The van der Waals surface area contributed by atoms with Gasteiger partial charge in [0.25, 0.3) is 5.91 Å². The summed E-state index contributed by atoms with van der Waals surface area (Å²) in [5, 5.41) is 11.6. The van der Waals surface area contributed by atoms with Gasteiger partial charge in [-0.1, -0.05) is 6.07 Å². The monoisotopic (exact) mass is 303 g/mol. The van der Waals surface area contributed by atoms with Crippen molar-refractivity contribution in [3.8, 4) is 11.9 Å². The van der Waals surface area contributed by atoms with Crippen LogP contribution in [0.2, 0.25) is 0 Å². The van der Waals surface area contributed by atoms with Gasteiger partial charge in [0.15, 0.2) is 0 Å². The molecule has 1 amide bonds. The van der Waals surface area contributed by atoms with Gasteiger partial charge in [-0.25, -0.2) is 9.97 Å². The van der Waals surface area contributed by atoms with Gasteiger partial charge < -0.3 is 5.32 Å². The number of nitrogens with one attached hydrogen (secondary N) is 1. The van der Waals surface area contributed by atoms with Crippen LogP contribution in [-0.2, 0) is 0 Å². The lowest BCUT2D eigenvalue weighted by atomic mass is 10.1. The molecule has 0 radical (unpaired) electrons. The van der Waals surface area contributed by atoms with Crippen LogP contribution in [0.3, 0.4) is 0 Å². The molecule has 0 aliphatic carbocycles. The van der Waals surface area contributed by atoms with Crippen LogP contribution in [0.5, 0.6) is 0 Å². The van der Waals surface area contributed by atoms with Gasteiger partial charge in [0.05, 0.1) is 23.5 Å². The molecule has 0 aliphatic heterocycles. The molecule has 0 saturated carbocycles. The Labute approximate surface area is 133 Å². The molecule has 0 bridgehead atoms. The molecule has 1 aromatic carbocycles. The number of aromatic nitrogens is 3. The third-order valence-electron chi connectivity index (χ3n) is 3.33. The van der Waals surface area contributed by atoms with Crippen molar-refractivity contribution in [1.82, 2.24) is 14.5 Å². The molecular weight excluding hydrogens is 290 g/mol. The minimum absolute atomic E-state index is 0.282. The van der Waals surface area contributed by atoms with Crippen molar-refractivity contribution >= 4 is 11.6 Å². The first kappa shape index (κ1) is 14.5. The smallest absolute Gasteiger partial charge is 0.255 e. The van der Waals surface area contributed by atoms with Crippen molar-refractivity contribution in [1.29, 1.82) is 5.26 Å². The molecule has 0 atom stereocenters. The molecule has 1 N–H and O–H groups in total. The average Bonchev–Trinajstić information content (AvgIpc) is 3.01. The van der Waals surface area contributed by atoms with E-state index in [0.717, 1.165) is 11.6 Å². The van der Waals surface area contributed by atoms with Crippen LogP contribution in [0.25, 0.3) is 5.82 Å². The van der Waals surface area contributed by atoms with Crippen LogP contribution >= 0.6 is 0 Å². The highest BCUT2D eigenvalue weighted by Crippen LogP contribution is 2.13. The molecule has 112 valence electrons. The van der Waals surface area contributed by atoms with Crippen LogP contribution in [0, 0.1) is 18.3 Å². The second-order valence-electron chi connectivity index (χ2n) is 4.90. The summed E-state index contributed by atoms with van der Waals surface area (Å²) in [6, 6.07) is 12.1. The Morgan fingerprint density at radius 2 is 2.13 bits per heavy atom. The topological polar surface area (TPSA) is 83.6 Å². The molecular formula is C17H13N5O. The zero-order chi connectivity index (χ0) is 16.2. The number of rotatable bonds is 3. The third-order valence-corrected chi connectivity index (χ3v) is 3.33. The number of carbonyl (C=O) groups excluding carboxylic acids is 1. The van der Waals surface area contributed by atoms with Crippen LogP contribution in [-0.4, -0.2) is 20.4 Å². The Hall–Kier alpha value is -3.46. The van der Waals surface area contributed by atoms with Crippen LogP contribution in [0.1, 0.15) is 21.7 Å².